The van der Waals surface area contributed by atoms with E-state index in [1.54, 1.807) is 0 Å². The second-order valence-corrected chi connectivity index (χ2v) is 9.87. The van der Waals surface area contributed by atoms with Crippen LogP contribution in [0.5, 0.6) is 0 Å². The van der Waals surface area contributed by atoms with E-state index in [0.717, 1.165) is 38.4 Å². The maximum atomic E-state index is 4.80. The van der Waals surface area contributed by atoms with Gasteiger partial charge in [-0.15, -0.1) is 0 Å². The van der Waals surface area contributed by atoms with Gasteiger partial charge in [0.2, 0.25) is 0 Å². The Kier molecular flexibility index (Phi) is 8.89. The molecule has 3 heteroatoms. The molecule has 4 rings (SSSR count). The van der Waals surface area contributed by atoms with E-state index < -0.39 is 0 Å². The van der Waals surface area contributed by atoms with Crippen LogP contribution in [-0.4, -0.2) is 38.4 Å². The molecule has 198 valence electrons. The van der Waals surface area contributed by atoms with Crippen molar-refractivity contribution >= 4 is 28.2 Å². The van der Waals surface area contributed by atoms with Crippen LogP contribution in [0.1, 0.15) is 68.0 Å². The van der Waals surface area contributed by atoms with Crippen LogP contribution in [-0.2, 0) is 0 Å². The van der Waals surface area contributed by atoms with Crippen LogP contribution in [0.2, 0.25) is 0 Å². The second kappa shape index (κ2) is 12.3. The van der Waals surface area contributed by atoms with E-state index in [2.05, 4.69) is 131 Å². The molecule has 38 heavy (non-hydrogen) atoms. The van der Waals surface area contributed by atoms with Crippen molar-refractivity contribution in [1.29, 1.82) is 0 Å². The van der Waals surface area contributed by atoms with Gasteiger partial charge in [0.05, 0.1) is 5.71 Å². The summed E-state index contributed by atoms with van der Waals surface area (Å²) in [5, 5.41) is 0. The molecule has 0 amide bonds. The number of aliphatic imine (C=N–C) groups is 1. The molecule has 0 aliphatic heterocycles. The third-order valence-electron chi connectivity index (χ3n) is 7.71. The molecule has 0 saturated carbocycles. The minimum Gasteiger partial charge on any atom is -0.372 e. The first-order valence-corrected chi connectivity index (χ1v) is 14.3. The van der Waals surface area contributed by atoms with Gasteiger partial charge in [-0.1, -0.05) is 42.5 Å². The van der Waals surface area contributed by atoms with Gasteiger partial charge in [0.15, 0.2) is 0 Å². The summed E-state index contributed by atoms with van der Waals surface area (Å²) in [6.45, 7) is 20.3. The molecular formula is C35H43N3. The minimum absolute atomic E-state index is 0.776. The van der Waals surface area contributed by atoms with Crippen molar-refractivity contribution in [3.63, 3.8) is 0 Å². The molecule has 0 aromatic heterocycles. The van der Waals surface area contributed by atoms with E-state index in [0.29, 0.717) is 0 Å². The van der Waals surface area contributed by atoms with Crippen molar-refractivity contribution in [2.24, 2.45) is 4.99 Å². The number of hydrogen-bond acceptors (Lipinski definition) is 3. The van der Waals surface area contributed by atoms with Gasteiger partial charge < -0.3 is 9.80 Å². The van der Waals surface area contributed by atoms with Gasteiger partial charge in [-0.2, -0.15) is 0 Å². The second-order valence-electron chi connectivity index (χ2n) is 9.87. The standard InChI is InChI=1S/C35H43N3/c1-8-36-34-22-21-33(31-15-13-14-16-32(31)34)35(29-19-17-27(23-25(29)6)37(9-2)10-3)30-20-18-28(24-26(30)7)38(11-4)12-5/h13-24H,8-12H2,1-7H3. The highest BCUT2D eigenvalue weighted by Gasteiger charge is 2.22. The molecule has 0 bridgehead atoms. The molecule has 1 aliphatic carbocycles. The zero-order chi connectivity index (χ0) is 27.2. The Morgan fingerprint density at radius 2 is 1.13 bits per heavy atom. The fraction of sp³-hybridized carbons (Fsp3) is 0.343. The van der Waals surface area contributed by atoms with Crippen molar-refractivity contribution in [3.8, 4) is 0 Å². The van der Waals surface area contributed by atoms with Gasteiger partial charge in [-0.25, -0.2) is 0 Å². The molecule has 0 saturated heterocycles. The van der Waals surface area contributed by atoms with Crippen LogP contribution in [0.25, 0.3) is 11.1 Å². The Morgan fingerprint density at radius 3 is 1.58 bits per heavy atom. The van der Waals surface area contributed by atoms with Gasteiger partial charge in [-0.3, -0.25) is 4.99 Å². The van der Waals surface area contributed by atoms with Gasteiger partial charge in [0, 0.05) is 49.7 Å². The number of rotatable bonds is 9. The largest absolute Gasteiger partial charge is 0.372 e. The van der Waals surface area contributed by atoms with E-state index in [9.17, 15) is 0 Å². The molecule has 1 aliphatic rings. The third-order valence-corrected chi connectivity index (χ3v) is 7.71. The van der Waals surface area contributed by atoms with Crippen LogP contribution in [0.15, 0.2) is 77.8 Å². The maximum absolute atomic E-state index is 4.80. The van der Waals surface area contributed by atoms with Crippen LogP contribution >= 0.6 is 0 Å². The third kappa shape index (κ3) is 5.34. The van der Waals surface area contributed by atoms with Crippen molar-refractivity contribution in [2.45, 2.75) is 48.5 Å². The monoisotopic (exact) mass is 505 g/mol. The van der Waals surface area contributed by atoms with Crippen molar-refractivity contribution in [3.05, 3.63) is 106 Å². The minimum atomic E-state index is 0.776. The molecule has 3 aromatic carbocycles. The van der Waals surface area contributed by atoms with Crippen molar-refractivity contribution in [1.82, 2.24) is 0 Å². The first-order chi connectivity index (χ1) is 18.5. The lowest BCUT2D eigenvalue weighted by molar-refractivity contribution is 0.865. The van der Waals surface area contributed by atoms with Gasteiger partial charge in [0.25, 0.3) is 0 Å². The molecule has 0 unspecified atom stereocenters. The Hall–Kier alpha value is -3.59. The van der Waals surface area contributed by atoms with Gasteiger partial charge in [-0.05, 0) is 118 Å². The summed E-state index contributed by atoms with van der Waals surface area (Å²) in [6, 6.07) is 22.7. The smallest absolute Gasteiger partial charge is 0.0652 e. The van der Waals surface area contributed by atoms with Crippen LogP contribution < -0.4 is 9.80 Å². The lowest BCUT2D eigenvalue weighted by Gasteiger charge is -2.26. The summed E-state index contributed by atoms with van der Waals surface area (Å²) in [7, 11) is 0. The van der Waals surface area contributed by atoms with Crippen LogP contribution in [0, 0.1) is 13.8 Å². The zero-order valence-corrected chi connectivity index (χ0v) is 24.3. The fourth-order valence-corrected chi connectivity index (χ4v) is 5.67. The Balaban J connectivity index is 2.01. The molecule has 3 aromatic rings. The molecule has 0 spiro atoms. The molecule has 0 fully saturated rings. The summed E-state index contributed by atoms with van der Waals surface area (Å²) in [5.74, 6) is 0. The molecule has 0 heterocycles. The van der Waals surface area contributed by atoms with E-state index >= 15 is 0 Å². The quantitative estimate of drug-likeness (QED) is 0.291. The Labute approximate surface area is 230 Å². The predicted molar refractivity (Wildman–Crippen MR) is 168 cm³/mol. The molecule has 0 N–H and O–H groups in total. The van der Waals surface area contributed by atoms with Crippen molar-refractivity contribution < 1.29 is 0 Å². The predicted octanol–water partition coefficient (Wildman–Crippen LogP) is 8.33. The molecular weight excluding hydrogens is 462 g/mol. The number of aryl methyl sites for hydroxylation is 2. The lowest BCUT2D eigenvalue weighted by atomic mass is 9.81. The van der Waals surface area contributed by atoms with E-state index in [4.69, 9.17) is 4.99 Å². The van der Waals surface area contributed by atoms with Crippen molar-refractivity contribution in [2.75, 3.05) is 42.5 Å². The average molecular weight is 506 g/mol. The molecule has 0 radical (unpaired) electrons. The number of benzene rings is 3. The van der Waals surface area contributed by atoms with Crippen LogP contribution in [0.3, 0.4) is 0 Å². The summed E-state index contributed by atoms with van der Waals surface area (Å²) >= 11 is 0. The summed E-state index contributed by atoms with van der Waals surface area (Å²) in [4.78, 5) is 9.62. The summed E-state index contributed by atoms with van der Waals surface area (Å²) < 4.78 is 0. The number of fused-ring (bicyclic) bond motifs is 1. The molecule has 3 nitrogen and oxygen atoms in total. The average Bonchev–Trinajstić information content (AvgIpc) is 2.93. The fourth-order valence-electron chi connectivity index (χ4n) is 5.67. The molecule has 0 atom stereocenters. The number of allylic oxidation sites excluding steroid dienone is 3. The highest BCUT2D eigenvalue weighted by atomic mass is 15.1. The first kappa shape index (κ1) is 27.4. The summed E-state index contributed by atoms with van der Waals surface area (Å²) in [6.07, 6.45) is 4.47. The maximum Gasteiger partial charge on any atom is 0.0652 e. The van der Waals surface area contributed by atoms with Gasteiger partial charge in [0.1, 0.15) is 0 Å². The summed E-state index contributed by atoms with van der Waals surface area (Å²) in [5.41, 5.74) is 13.8. The van der Waals surface area contributed by atoms with E-state index in [1.165, 1.54) is 55.9 Å². The number of nitrogens with zero attached hydrogens (tertiary/aromatic N) is 3. The normalized spacial score (nSPS) is 13.6. The first-order valence-electron chi connectivity index (χ1n) is 14.3. The van der Waals surface area contributed by atoms with E-state index in [-0.39, 0.29) is 0 Å². The highest BCUT2D eigenvalue weighted by molar-refractivity contribution is 6.19. The lowest BCUT2D eigenvalue weighted by Crippen LogP contribution is -2.22. The number of anilines is 2. The van der Waals surface area contributed by atoms with E-state index in [1.807, 2.05) is 0 Å². The highest BCUT2D eigenvalue weighted by Crippen LogP contribution is 2.40. The zero-order valence-electron chi connectivity index (χ0n) is 24.3. The van der Waals surface area contributed by atoms with Crippen LogP contribution in [0.4, 0.5) is 11.4 Å². The SMILES string of the molecule is CCN=C1C=CC(=C(c2ccc(N(CC)CC)cc2C)c2ccc(N(CC)CC)cc2C)c2ccccc21. The van der Waals surface area contributed by atoms with Gasteiger partial charge >= 0.3 is 0 Å². The Bertz CT molecular complexity index is 1300. The topological polar surface area (TPSA) is 18.8 Å². The Morgan fingerprint density at radius 1 is 0.632 bits per heavy atom. The number of hydrogen-bond donors (Lipinski definition) is 0.